The third kappa shape index (κ3) is 3.68. The van der Waals surface area contributed by atoms with E-state index in [-0.39, 0.29) is 5.82 Å². The van der Waals surface area contributed by atoms with Gasteiger partial charge in [-0.3, -0.25) is 9.88 Å². The molecule has 0 aliphatic carbocycles. The second-order valence-electron chi connectivity index (χ2n) is 7.10. The molecule has 3 heterocycles. The molecule has 0 N–H and O–H groups in total. The molecule has 4 rings (SSSR count). The van der Waals surface area contributed by atoms with Crippen LogP contribution >= 0.6 is 0 Å². The molecule has 4 nitrogen and oxygen atoms in total. The fourth-order valence-electron chi connectivity index (χ4n) is 3.77. The van der Waals surface area contributed by atoms with Gasteiger partial charge in [-0.05, 0) is 55.6 Å². The maximum absolute atomic E-state index is 13.4. The summed E-state index contributed by atoms with van der Waals surface area (Å²) in [6.07, 6.45) is 6.73. The predicted octanol–water partition coefficient (Wildman–Crippen LogP) is 3.91. The molecule has 1 aliphatic heterocycles. The molecule has 5 heteroatoms. The molecule has 0 spiro atoms. The number of rotatable bonds is 5. The monoisotopic (exact) mass is 350 g/mol. The van der Waals surface area contributed by atoms with Gasteiger partial charge in [-0.25, -0.2) is 9.37 Å². The minimum absolute atomic E-state index is 0.159. The van der Waals surface area contributed by atoms with Gasteiger partial charge < -0.3 is 4.57 Å². The van der Waals surface area contributed by atoms with Crippen LogP contribution in [0.1, 0.15) is 17.7 Å². The summed E-state index contributed by atoms with van der Waals surface area (Å²) in [7, 11) is 0. The molecule has 1 atom stereocenters. The molecule has 3 aromatic rings. The van der Waals surface area contributed by atoms with Crippen molar-refractivity contribution < 1.29 is 4.39 Å². The number of benzene rings is 1. The smallest absolute Gasteiger partial charge is 0.141 e. The van der Waals surface area contributed by atoms with E-state index in [0.29, 0.717) is 5.92 Å². The van der Waals surface area contributed by atoms with Gasteiger partial charge in [0.2, 0.25) is 0 Å². The third-order valence-electron chi connectivity index (χ3n) is 5.08. The molecule has 1 fully saturated rings. The van der Waals surface area contributed by atoms with Crippen molar-refractivity contribution >= 4 is 0 Å². The molecule has 2 aromatic heterocycles. The molecule has 1 aromatic carbocycles. The van der Waals surface area contributed by atoms with Crippen molar-refractivity contribution in [3.63, 3.8) is 0 Å². The summed E-state index contributed by atoms with van der Waals surface area (Å²) in [4.78, 5) is 11.2. The average Bonchev–Trinajstić information content (AvgIpc) is 3.23. The number of imidazole rings is 1. The van der Waals surface area contributed by atoms with Gasteiger partial charge in [0, 0.05) is 49.5 Å². The van der Waals surface area contributed by atoms with E-state index in [9.17, 15) is 4.39 Å². The van der Waals surface area contributed by atoms with Crippen LogP contribution in [0.15, 0.2) is 55.0 Å². The second kappa shape index (κ2) is 7.38. The lowest BCUT2D eigenvalue weighted by Gasteiger charge is -2.18. The van der Waals surface area contributed by atoms with Crippen LogP contribution in [0, 0.1) is 18.7 Å². The minimum Gasteiger partial charge on any atom is -0.328 e. The van der Waals surface area contributed by atoms with Crippen LogP contribution in [0.4, 0.5) is 4.39 Å². The molecule has 134 valence electrons. The standard InChI is InChI=1S/C21H23FN4/c1-16-11-24-21(19-5-3-8-23-12-19)26(16)15-18-7-9-25(14-18)13-17-4-2-6-20(22)10-17/h2-6,8,10-12,18H,7,9,13-15H2,1H3. The molecule has 0 amide bonds. The molecular weight excluding hydrogens is 327 g/mol. The average molecular weight is 350 g/mol. The second-order valence-corrected chi connectivity index (χ2v) is 7.10. The van der Waals surface area contributed by atoms with E-state index in [0.717, 1.165) is 49.6 Å². The van der Waals surface area contributed by atoms with Gasteiger partial charge in [0.05, 0.1) is 0 Å². The molecule has 1 saturated heterocycles. The Balaban J connectivity index is 1.44. The summed E-state index contributed by atoms with van der Waals surface area (Å²) in [6, 6.07) is 10.9. The van der Waals surface area contributed by atoms with Crippen molar-refractivity contribution in [3.05, 3.63) is 72.1 Å². The van der Waals surface area contributed by atoms with E-state index in [2.05, 4.69) is 32.4 Å². The van der Waals surface area contributed by atoms with Crippen LogP contribution in [0.25, 0.3) is 11.4 Å². The Bertz CT molecular complexity index is 875. The lowest BCUT2D eigenvalue weighted by atomic mass is 10.1. The number of nitrogens with zero attached hydrogens (tertiary/aromatic N) is 4. The fourth-order valence-corrected chi connectivity index (χ4v) is 3.77. The van der Waals surface area contributed by atoms with Gasteiger partial charge in [-0.1, -0.05) is 12.1 Å². The maximum Gasteiger partial charge on any atom is 0.141 e. The Kier molecular flexibility index (Phi) is 4.80. The fraction of sp³-hybridized carbons (Fsp3) is 0.333. The van der Waals surface area contributed by atoms with Gasteiger partial charge in [0.1, 0.15) is 11.6 Å². The lowest BCUT2D eigenvalue weighted by Crippen LogP contribution is -2.22. The third-order valence-corrected chi connectivity index (χ3v) is 5.08. The van der Waals surface area contributed by atoms with Crippen molar-refractivity contribution in [2.75, 3.05) is 13.1 Å². The first kappa shape index (κ1) is 16.9. The zero-order chi connectivity index (χ0) is 17.9. The van der Waals surface area contributed by atoms with Crippen LogP contribution in [0.3, 0.4) is 0 Å². The van der Waals surface area contributed by atoms with Crippen molar-refractivity contribution in [2.24, 2.45) is 5.92 Å². The summed E-state index contributed by atoms with van der Waals surface area (Å²) in [6.45, 7) is 5.95. The quantitative estimate of drug-likeness (QED) is 0.699. The van der Waals surface area contributed by atoms with Crippen LogP contribution in [-0.4, -0.2) is 32.5 Å². The summed E-state index contributed by atoms with van der Waals surface area (Å²) < 4.78 is 15.7. The van der Waals surface area contributed by atoms with Crippen molar-refractivity contribution in [1.82, 2.24) is 19.4 Å². The SMILES string of the molecule is Cc1cnc(-c2cccnc2)n1CC1CCN(Cc2cccc(F)c2)C1. The van der Waals surface area contributed by atoms with Crippen LogP contribution < -0.4 is 0 Å². The zero-order valence-electron chi connectivity index (χ0n) is 15.0. The van der Waals surface area contributed by atoms with E-state index < -0.39 is 0 Å². The highest BCUT2D eigenvalue weighted by Gasteiger charge is 2.24. The molecule has 1 unspecified atom stereocenters. The number of hydrogen-bond acceptors (Lipinski definition) is 3. The first-order valence-corrected chi connectivity index (χ1v) is 9.08. The van der Waals surface area contributed by atoms with Gasteiger partial charge in [-0.15, -0.1) is 0 Å². The van der Waals surface area contributed by atoms with Gasteiger partial charge in [0.15, 0.2) is 0 Å². The van der Waals surface area contributed by atoms with E-state index in [1.54, 1.807) is 18.3 Å². The largest absolute Gasteiger partial charge is 0.328 e. The van der Waals surface area contributed by atoms with E-state index >= 15 is 0 Å². The normalized spacial score (nSPS) is 17.7. The minimum atomic E-state index is -0.159. The summed E-state index contributed by atoms with van der Waals surface area (Å²) >= 11 is 0. The van der Waals surface area contributed by atoms with Crippen LogP contribution in [0.5, 0.6) is 0 Å². The number of aromatic nitrogens is 3. The molecule has 26 heavy (non-hydrogen) atoms. The topological polar surface area (TPSA) is 34.0 Å². The molecule has 1 aliphatic rings. The predicted molar refractivity (Wildman–Crippen MR) is 100.0 cm³/mol. The summed E-state index contributed by atoms with van der Waals surface area (Å²) in [5.41, 5.74) is 3.27. The summed E-state index contributed by atoms with van der Waals surface area (Å²) in [5, 5.41) is 0. The van der Waals surface area contributed by atoms with Crippen molar-refractivity contribution in [1.29, 1.82) is 0 Å². The molecule has 0 saturated carbocycles. The van der Waals surface area contributed by atoms with Crippen LogP contribution in [-0.2, 0) is 13.1 Å². The molecule has 0 radical (unpaired) electrons. The first-order valence-electron chi connectivity index (χ1n) is 9.08. The van der Waals surface area contributed by atoms with Crippen molar-refractivity contribution in [2.45, 2.75) is 26.4 Å². The maximum atomic E-state index is 13.4. The number of pyridine rings is 1. The Hall–Kier alpha value is -2.53. The number of likely N-dealkylation sites (tertiary alicyclic amines) is 1. The van der Waals surface area contributed by atoms with E-state index in [1.807, 2.05) is 24.5 Å². The Morgan fingerprint density at radius 1 is 1.19 bits per heavy atom. The zero-order valence-corrected chi connectivity index (χ0v) is 15.0. The Morgan fingerprint density at radius 2 is 2.12 bits per heavy atom. The Morgan fingerprint density at radius 3 is 2.92 bits per heavy atom. The number of aryl methyl sites for hydroxylation is 1. The van der Waals surface area contributed by atoms with Crippen molar-refractivity contribution in [3.8, 4) is 11.4 Å². The van der Waals surface area contributed by atoms with E-state index in [1.165, 1.54) is 11.8 Å². The number of hydrogen-bond donors (Lipinski definition) is 0. The van der Waals surface area contributed by atoms with Gasteiger partial charge in [0.25, 0.3) is 0 Å². The van der Waals surface area contributed by atoms with Gasteiger partial charge in [-0.2, -0.15) is 0 Å². The summed E-state index contributed by atoms with van der Waals surface area (Å²) in [5.74, 6) is 1.40. The molecular formula is C21H23FN4. The molecule has 0 bridgehead atoms. The van der Waals surface area contributed by atoms with Crippen LogP contribution in [0.2, 0.25) is 0 Å². The highest BCUT2D eigenvalue weighted by molar-refractivity contribution is 5.54. The first-order chi connectivity index (χ1) is 12.7. The number of halogens is 1. The Labute approximate surface area is 153 Å². The van der Waals surface area contributed by atoms with E-state index in [4.69, 9.17) is 0 Å². The lowest BCUT2D eigenvalue weighted by molar-refractivity contribution is 0.308. The highest BCUT2D eigenvalue weighted by atomic mass is 19.1. The van der Waals surface area contributed by atoms with Gasteiger partial charge >= 0.3 is 0 Å². The highest BCUT2D eigenvalue weighted by Crippen LogP contribution is 2.25.